The van der Waals surface area contributed by atoms with E-state index in [0.717, 1.165) is 18.4 Å². The number of hydrogen-bond donors (Lipinski definition) is 1. The second-order valence-electron chi connectivity index (χ2n) is 6.17. The number of halogens is 1. The van der Waals surface area contributed by atoms with Gasteiger partial charge in [-0.15, -0.1) is 0 Å². The second-order valence-corrected chi connectivity index (χ2v) is 6.17. The number of hydrogen-bond acceptors (Lipinski definition) is 3. The van der Waals surface area contributed by atoms with E-state index in [9.17, 15) is 4.39 Å². The SMILES string of the molecule is COc1cc(C(C)(C)F)c(C2(C(C)N)CC2)cc1OC. The molecule has 1 aromatic rings. The highest BCUT2D eigenvalue weighted by molar-refractivity contribution is 5.54. The topological polar surface area (TPSA) is 44.5 Å². The van der Waals surface area contributed by atoms with E-state index in [1.165, 1.54) is 0 Å². The fourth-order valence-electron chi connectivity index (χ4n) is 2.89. The monoisotopic (exact) mass is 281 g/mol. The van der Waals surface area contributed by atoms with Crippen molar-refractivity contribution in [3.05, 3.63) is 23.3 Å². The first-order chi connectivity index (χ1) is 9.26. The first-order valence-electron chi connectivity index (χ1n) is 6.97. The average molecular weight is 281 g/mol. The van der Waals surface area contributed by atoms with Gasteiger partial charge in [-0.05, 0) is 56.9 Å². The zero-order chi connectivity index (χ0) is 15.1. The zero-order valence-electron chi connectivity index (χ0n) is 12.9. The van der Waals surface area contributed by atoms with Crippen LogP contribution in [0, 0.1) is 0 Å². The van der Waals surface area contributed by atoms with Crippen molar-refractivity contribution in [2.75, 3.05) is 14.2 Å². The van der Waals surface area contributed by atoms with Crippen molar-refractivity contribution in [2.45, 2.75) is 50.7 Å². The molecule has 1 atom stereocenters. The lowest BCUT2D eigenvalue weighted by Crippen LogP contribution is -2.33. The van der Waals surface area contributed by atoms with Crippen LogP contribution in [0.25, 0.3) is 0 Å². The summed E-state index contributed by atoms with van der Waals surface area (Å²) in [5.74, 6) is 1.18. The molecule has 0 aromatic heterocycles. The summed E-state index contributed by atoms with van der Waals surface area (Å²) in [4.78, 5) is 0. The van der Waals surface area contributed by atoms with E-state index in [1.54, 1.807) is 34.1 Å². The summed E-state index contributed by atoms with van der Waals surface area (Å²) in [6.07, 6.45) is 1.98. The van der Waals surface area contributed by atoms with Crippen LogP contribution in [0.1, 0.15) is 44.7 Å². The Balaban J connectivity index is 2.65. The lowest BCUT2D eigenvalue weighted by atomic mass is 9.81. The molecule has 0 heterocycles. The molecule has 20 heavy (non-hydrogen) atoms. The van der Waals surface area contributed by atoms with E-state index in [2.05, 4.69) is 0 Å². The Hall–Kier alpha value is -1.29. The van der Waals surface area contributed by atoms with Gasteiger partial charge in [-0.2, -0.15) is 0 Å². The van der Waals surface area contributed by atoms with E-state index in [0.29, 0.717) is 17.1 Å². The standard InChI is InChI=1S/C16H24FNO2/c1-10(18)16(6-7-16)12-9-14(20-5)13(19-4)8-11(12)15(2,3)17/h8-10H,6-7,18H2,1-5H3. The van der Waals surface area contributed by atoms with Crippen molar-refractivity contribution in [3.63, 3.8) is 0 Å². The number of benzene rings is 1. The van der Waals surface area contributed by atoms with Crippen LogP contribution in [-0.2, 0) is 11.1 Å². The third-order valence-corrected chi connectivity index (χ3v) is 4.36. The highest BCUT2D eigenvalue weighted by Gasteiger charge is 2.50. The summed E-state index contributed by atoms with van der Waals surface area (Å²) < 4.78 is 25.3. The van der Waals surface area contributed by atoms with Gasteiger partial charge in [0.15, 0.2) is 11.5 Å². The molecule has 1 saturated carbocycles. The van der Waals surface area contributed by atoms with Gasteiger partial charge in [0.25, 0.3) is 0 Å². The van der Waals surface area contributed by atoms with E-state index in [-0.39, 0.29) is 11.5 Å². The molecule has 1 aromatic carbocycles. The van der Waals surface area contributed by atoms with Gasteiger partial charge < -0.3 is 15.2 Å². The summed E-state index contributed by atoms with van der Waals surface area (Å²) >= 11 is 0. The highest BCUT2D eigenvalue weighted by Crippen LogP contribution is 2.54. The smallest absolute Gasteiger partial charge is 0.161 e. The normalized spacial score (nSPS) is 18.6. The van der Waals surface area contributed by atoms with E-state index in [1.807, 2.05) is 13.0 Å². The van der Waals surface area contributed by atoms with Gasteiger partial charge in [0.05, 0.1) is 14.2 Å². The highest BCUT2D eigenvalue weighted by atomic mass is 19.1. The van der Waals surface area contributed by atoms with Gasteiger partial charge in [-0.25, -0.2) is 4.39 Å². The minimum Gasteiger partial charge on any atom is -0.493 e. The van der Waals surface area contributed by atoms with Gasteiger partial charge in [-0.3, -0.25) is 0 Å². The maximum atomic E-state index is 14.6. The van der Waals surface area contributed by atoms with Crippen LogP contribution in [0.5, 0.6) is 11.5 Å². The fourth-order valence-corrected chi connectivity index (χ4v) is 2.89. The minimum absolute atomic E-state index is 0.0123. The molecule has 0 bridgehead atoms. The number of methoxy groups -OCH3 is 2. The maximum absolute atomic E-state index is 14.6. The molecule has 1 unspecified atom stereocenters. The number of rotatable bonds is 5. The zero-order valence-corrected chi connectivity index (χ0v) is 12.9. The van der Waals surface area contributed by atoms with Crippen molar-refractivity contribution in [3.8, 4) is 11.5 Å². The molecule has 4 heteroatoms. The molecule has 3 nitrogen and oxygen atoms in total. The molecule has 1 aliphatic carbocycles. The van der Waals surface area contributed by atoms with Crippen LogP contribution >= 0.6 is 0 Å². The Morgan fingerprint density at radius 3 is 2.05 bits per heavy atom. The summed E-state index contributed by atoms with van der Waals surface area (Å²) in [5, 5.41) is 0. The third-order valence-electron chi connectivity index (χ3n) is 4.36. The van der Waals surface area contributed by atoms with Gasteiger partial charge in [0.2, 0.25) is 0 Å². The number of ether oxygens (including phenoxy) is 2. The first kappa shape index (κ1) is 15.1. The minimum atomic E-state index is -1.45. The van der Waals surface area contributed by atoms with Crippen LogP contribution < -0.4 is 15.2 Å². The number of alkyl halides is 1. The van der Waals surface area contributed by atoms with Crippen LogP contribution in [-0.4, -0.2) is 20.3 Å². The first-order valence-corrected chi connectivity index (χ1v) is 6.97. The van der Waals surface area contributed by atoms with Crippen LogP contribution in [0.2, 0.25) is 0 Å². The third kappa shape index (κ3) is 2.37. The predicted octanol–water partition coefficient (Wildman–Crippen LogP) is 3.29. The molecular formula is C16H24FNO2. The molecule has 112 valence electrons. The van der Waals surface area contributed by atoms with Crippen molar-refractivity contribution < 1.29 is 13.9 Å². The fraction of sp³-hybridized carbons (Fsp3) is 0.625. The largest absolute Gasteiger partial charge is 0.493 e. The lowest BCUT2D eigenvalue weighted by molar-refractivity contribution is 0.216. The van der Waals surface area contributed by atoms with E-state index < -0.39 is 5.67 Å². The molecule has 1 fully saturated rings. The molecule has 2 N–H and O–H groups in total. The van der Waals surface area contributed by atoms with Gasteiger partial charge in [0, 0.05) is 11.5 Å². The predicted molar refractivity (Wildman–Crippen MR) is 78.2 cm³/mol. The summed E-state index contributed by atoms with van der Waals surface area (Å²) in [5.41, 5.74) is 6.17. The Kier molecular flexibility index (Phi) is 3.71. The van der Waals surface area contributed by atoms with Crippen molar-refractivity contribution in [1.82, 2.24) is 0 Å². The molecule has 1 aliphatic rings. The molecule has 0 saturated heterocycles. The van der Waals surface area contributed by atoms with Crippen LogP contribution in [0.3, 0.4) is 0 Å². The van der Waals surface area contributed by atoms with Crippen molar-refractivity contribution >= 4 is 0 Å². The van der Waals surface area contributed by atoms with Crippen molar-refractivity contribution in [1.29, 1.82) is 0 Å². The summed E-state index contributed by atoms with van der Waals surface area (Å²) in [6, 6.07) is 3.63. The quantitative estimate of drug-likeness (QED) is 0.900. The number of nitrogens with two attached hydrogens (primary N) is 1. The van der Waals surface area contributed by atoms with Crippen LogP contribution in [0.15, 0.2) is 12.1 Å². The summed E-state index contributed by atoms with van der Waals surface area (Å²) in [6.45, 7) is 5.11. The molecule has 0 radical (unpaired) electrons. The van der Waals surface area contributed by atoms with Gasteiger partial charge in [-0.1, -0.05) is 0 Å². The second kappa shape index (κ2) is 4.92. The Morgan fingerprint density at radius 1 is 1.20 bits per heavy atom. The molecule has 0 spiro atoms. The van der Waals surface area contributed by atoms with E-state index >= 15 is 0 Å². The van der Waals surface area contributed by atoms with Crippen molar-refractivity contribution in [2.24, 2.45) is 5.73 Å². The Labute approximate surface area is 120 Å². The van der Waals surface area contributed by atoms with Crippen LogP contribution in [0.4, 0.5) is 4.39 Å². The molecule has 2 rings (SSSR count). The summed E-state index contributed by atoms with van der Waals surface area (Å²) in [7, 11) is 3.15. The van der Waals surface area contributed by atoms with Gasteiger partial charge >= 0.3 is 0 Å². The maximum Gasteiger partial charge on any atom is 0.161 e. The lowest BCUT2D eigenvalue weighted by Gasteiger charge is -2.28. The molecule has 0 aliphatic heterocycles. The Morgan fingerprint density at radius 2 is 1.70 bits per heavy atom. The molecular weight excluding hydrogens is 257 g/mol. The van der Waals surface area contributed by atoms with E-state index in [4.69, 9.17) is 15.2 Å². The average Bonchev–Trinajstić information content (AvgIpc) is 3.17. The van der Waals surface area contributed by atoms with Gasteiger partial charge in [0.1, 0.15) is 5.67 Å². The molecule has 0 amide bonds. The Bertz CT molecular complexity index is 502.